The number of aromatic nitrogens is 2. The van der Waals surface area contributed by atoms with Gasteiger partial charge in [-0.15, -0.1) is 0 Å². The van der Waals surface area contributed by atoms with Crippen molar-refractivity contribution >= 4 is 51.7 Å². The van der Waals surface area contributed by atoms with Crippen LogP contribution in [0.5, 0.6) is 0 Å². The molecule has 1 aromatic carbocycles. The number of fused-ring (bicyclic) bond motifs is 1. The Kier molecular flexibility index (Phi) is 7.54. The fourth-order valence-electron chi connectivity index (χ4n) is 3.43. The Bertz CT molecular complexity index is 1260. The summed E-state index contributed by atoms with van der Waals surface area (Å²) in [5.41, 5.74) is 1.60. The first-order valence-electron chi connectivity index (χ1n) is 10.7. The number of hydrogen-bond donors (Lipinski definition) is 1. The maximum Gasteiger partial charge on any atom is 0.267 e. The molecule has 1 N–H and O–H groups in total. The molecule has 4 rings (SSSR count). The highest BCUT2D eigenvalue weighted by molar-refractivity contribution is 8.26. The molecule has 0 unspecified atom stereocenters. The third-order valence-corrected chi connectivity index (χ3v) is 6.44. The summed E-state index contributed by atoms with van der Waals surface area (Å²) in [4.78, 5) is 33.0. The largest absolute Gasteiger partial charge is 0.382 e. The Hall–Kier alpha value is -3.01. The monoisotopic (exact) mass is 480 g/mol. The van der Waals surface area contributed by atoms with Gasteiger partial charge in [-0.25, -0.2) is 4.98 Å². The minimum Gasteiger partial charge on any atom is -0.382 e. The summed E-state index contributed by atoms with van der Waals surface area (Å²) in [7, 11) is 0. The Morgan fingerprint density at radius 1 is 1.15 bits per heavy atom. The van der Waals surface area contributed by atoms with E-state index in [0.29, 0.717) is 52.6 Å². The smallest absolute Gasteiger partial charge is 0.267 e. The number of nitrogens with zero attached hydrogens (tertiary/aromatic N) is 3. The number of thiocarbonyl (C=S) groups is 1. The number of rotatable bonds is 9. The molecule has 0 aliphatic carbocycles. The molecule has 0 spiro atoms. The Labute approximate surface area is 201 Å². The molecule has 0 radical (unpaired) electrons. The molecule has 1 aliphatic heterocycles. The molecule has 3 aromatic rings. The third-order valence-electron chi connectivity index (χ3n) is 5.06. The average molecular weight is 481 g/mol. The van der Waals surface area contributed by atoms with Crippen LogP contribution in [0.1, 0.15) is 24.5 Å². The first-order chi connectivity index (χ1) is 16.1. The van der Waals surface area contributed by atoms with Crippen LogP contribution in [0.15, 0.2) is 64.4 Å². The van der Waals surface area contributed by atoms with Crippen molar-refractivity contribution in [2.45, 2.75) is 19.9 Å². The van der Waals surface area contributed by atoms with Crippen molar-refractivity contribution in [3.63, 3.8) is 0 Å². The topological polar surface area (TPSA) is 75.9 Å². The maximum atomic E-state index is 13.3. The highest BCUT2D eigenvalue weighted by Gasteiger charge is 2.32. The highest BCUT2D eigenvalue weighted by Crippen LogP contribution is 2.34. The summed E-state index contributed by atoms with van der Waals surface area (Å²) < 4.78 is 7.33. The SMILES string of the molecule is CCOCCCNc1nc2ccccn2c(=O)c1/C=C1\SC(=S)N(Cc2ccccc2)C1=O. The predicted octanol–water partition coefficient (Wildman–Crippen LogP) is 3.93. The highest BCUT2D eigenvalue weighted by atomic mass is 32.2. The summed E-state index contributed by atoms with van der Waals surface area (Å²) in [6.07, 6.45) is 4.04. The van der Waals surface area contributed by atoms with Crippen LogP contribution in [-0.2, 0) is 16.1 Å². The molecule has 1 saturated heterocycles. The third kappa shape index (κ3) is 5.32. The first-order valence-corrected chi connectivity index (χ1v) is 11.9. The number of carbonyl (C=O) groups is 1. The lowest BCUT2D eigenvalue weighted by atomic mass is 10.2. The van der Waals surface area contributed by atoms with E-state index in [1.165, 1.54) is 16.2 Å². The molecule has 1 amide bonds. The molecule has 1 aliphatic rings. The minimum atomic E-state index is -0.249. The lowest BCUT2D eigenvalue weighted by Gasteiger charge is -2.14. The van der Waals surface area contributed by atoms with Crippen molar-refractivity contribution < 1.29 is 9.53 Å². The number of anilines is 1. The number of hydrogen-bond acceptors (Lipinski definition) is 7. The number of thioether (sulfide) groups is 1. The molecule has 170 valence electrons. The van der Waals surface area contributed by atoms with Gasteiger partial charge < -0.3 is 10.1 Å². The van der Waals surface area contributed by atoms with Crippen molar-refractivity contribution in [2.75, 3.05) is 25.1 Å². The molecule has 0 bridgehead atoms. The zero-order valence-corrected chi connectivity index (χ0v) is 19.8. The van der Waals surface area contributed by atoms with Gasteiger partial charge >= 0.3 is 0 Å². The van der Waals surface area contributed by atoms with Gasteiger partial charge in [0.25, 0.3) is 11.5 Å². The van der Waals surface area contributed by atoms with Gasteiger partial charge in [0.1, 0.15) is 15.8 Å². The van der Waals surface area contributed by atoms with E-state index in [1.807, 2.05) is 43.3 Å². The van der Waals surface area contributed by atoms with Crippen molar-refractivity contribution in [3.8, 4) is 0 Å². The number of pyridine rings is 1. The Balaban J connectivity index is 1.65. The van der Waals surface area contributed by atoms with Crippen molar-refractivity contribution in [1.29, 1.82) is 0 Å². The zero-order chi connectivity index (χ0) is 23.2. The van der Waals surface area contributed by atoms with Crippen molar-refractivity contribution in [3.05, 3.63) is 81.1 Å². The van der Waals surface area contributed by atoms with E-state index < -0.39 is 0 Å². The van der Waals surface area contributed by atoms with E-state index in [-0.39, 0.29) is 11.5 Å². The minimum absolute atomic E-state index is 0.214. The molecule has 7 nitrogen and oxygen atoms in total. The second kappa shape index (κ2) is 10.7. The van der Waals surface area contributed by atoms with Gasteiger partial charge in [-0.1, -0.05) is 60.4 Å². The Morgan fingerprint density at radius 2 is 1.94 bits per heavy atom. The van der Waals surface area contributed by atoms with Crippen molar-refractivity contribution in [1.82, 2.24) is 14.3 Å². The lowest BCUT2D eigenvalue weighted by Crippen LogP contribution is -2.27. The molecule has 33 heavy (non-hydrogen) atoms. The van der Waals surface area contributed by atoms with Gasteiger partial charge in [0.2, 0.25) is 0 Å². The van der Waals surface area contributed by atoms with Crippen LogP contribution in [0.2, 0.25) is 0 Å². The van der Waals surface area contributed by atoms with E-state index in [0.717, 1.165) is 12.0 Å². The Morgan fingerprint density at radius 3 is 2.73 bits per heavy atom. The van der Waals surface area contributed by atoms with Gasteiger partial charge in [-0.2, -0.15) is 0 Å². The van der Waals surface area contributed by atoms with Gasteiger partial charge in [-0.3, -0.25) is 18.9 Å². The van der Waals surface area contributed by atoms with Gasteiger partial charge in [0.15, 0.2) is 0 Å². The van der Waals surface area contributed by atoms with Gasteiger partial charge in [-0.05, 0) is 37.1 Å². The molecule has 0 atom stereocenters. The second-order valence-electron chi connectivity index (χ2n) is 7.34. The normalized spacial score (nSPS) is 15.1. The van der Waals surface area contributed by atoms with Crippen LogP contribution in [0.4, 0.5) is 5.82 Å². The quantitative estimate of drug-likeness (QED) is 0.282. The summed E-state index contributed by atoms with van der Waals surface area (Å²) in [6.45, 7) is 4.20. The summed E-state index contributed by atoms with van der Waals surface area (Å²) in [5, 5.41) is 3.24. The number of ether oxygens (including phenoxy) is 1. The zero-order valence-electron chi connectivity index (χ0n) is 18.2. The molecule has 1 fully saturated rings. The molecule has 2 aromatic heterocycles. The second-order valence-corrected chi connectivity index (χ2v) is 9.01. The van der Waals surface area contributed by atoms with Gasteiger partial charge in [0.05, 0.1) is 17.0 Å². The number of amides is 1. The van der Waals surface area contributed by atoms with Crippen LogP contribution in [-0.4, -0.2) is 44.3 Å². The summed E-state index contributed by atoms with van der Waals surface area (Å²) in [6, 6.07) is 15.1. The number of carbonyl (C=O) groups excluding carboxylic acids is 1. The fraction of sp³-hybridized carbons (Fsp3) is 0.250. The summed E-state index contributed by atoms with van der Waals surface area (Å²) in [5.74, 6) is 0.227. The number of nitrogens with one attached hydrogen (secondary N) is 1. The van der Waals surface area contributed by atoms with Crippen molar-refractivity contribution in [2.24, 2.45) is 0 Å². The van der Waals surface area contributed by atoms with Crippen LogP contribution in [0.3, 0.4) is 0 Å². The maximum absolute atomic E-state index is 13.3. The predicted molar refractivity (Wildman–Crippen MR) is 136 cm³/mol. The summed E-state index contributed by atoms with van der Waals surface area (Å²) >= 11 is 6.66. The van der Waals surface area contributed by atoms with Crippen LogP contribution < -0.4 is 10.9 Å². The van der Waals surface area contributed by atoms with Crippen LogP contribution in [0, 0.1) is 0 Å². The molecule has 9 heteroatoms. The van der Waals surface area contributed by atoms with Crippen LogP contribution >= 0.6 is 24.0 Å². The van der Waals surface area contributed by atoms with Gasteiger partial charge in [0, 0.05) is 26.0 Å². The average Bonchev–Trinajstić information content (AvgIpc) is 3.09. The van der Waals surface area contributed by atoms with E-state index in [1.54, 1.807) is 29.3 Å². The molecular formula is C24H24N4O3S2. The molecule has 0 saturated carbocycles. The standard InChI is InChI=1S/C24H24N4O3S2/c1-2-31-14-8-12-25-21-18(22(29)27-13-7-6-11-20(27)26-21)15-19-23(30)28(24(32)33-19)16-17-9-4-3-5-10-17/h3-7,9-11,13,15,25H,2,8,12,14,16H2,1H3/b19-15-. The lowest BCUT2D eigenvalue weighted by molar-refractivity contribution is -0.122. The fourth-order valence-corrected chi connectivity index (χ4v) is 4.66. The number of benzene rings is 1. The van der Waals surface area contributed by atoms with Crippen LogP contribution in [0.25, 0.3) is 11.7 Å². The van der Waals surface area contributed by atoms with E-state index >= 15 is 0 Å². The molecule has 3 heterocycles. The van der Waals surface area contributed by atoms with E-state index in [4.69, 9.17) is 17.0 Å². The van der Waals surface area contributed by atoms with E-state index in [9.17, 15) is 9.59 Å². The van der Waals surface area contributed by atoms with E-state index in [2.05, 4.69) is 10.3 Å². The first kappa shape index (κ1) is 23.2. The molecular weight excluding hydrogens is 456 g/mol.